The predicted molar refractivity (Wildman–Crippen MR) is 61.7 cm³/mol. The third kappa shape index (κ3) is 3.90. The highest BCUT2D eigenvalue weighted by Gasteiger charge is 2.08. The Labute approximate surface area is 94.6 Å². The van der Waals surface area contributed by atoms with Crippen LogP contribution in [0.1, 0.15) is 24.9 Å². The van der Waals surface area contributed by atoms with E-state index in [2.05, 4.69) is 5.32 Å². The molecule has 15 heavy (non-hydrogen) atoms. The Kier molecular flexibility index (Phi) is 4.59. The molecule has 0 aliphatic carbocycles. The lowest BCUT2D eigenvalue weighted by atomic mass is 10.1. The van der Waals surface area contributed by atoms with Crippen LogP contribution in [0.4, 0.5) is 0 Å². The van der Waals surface area contributed by atoms with Gasteiger partial charge in [-0.05, 0) is 24.6 Å². The van der Waals surface area contributed by atoms with E-state index in [4.69, 9.17) is 17.3 Å². The maximum atomic E-state index is 11.3. The van der Waals surface area contributed by atoms with Crippen LogP contribution in [0, 0.1) is 0 Å². The Morgan fingerprint density at radius 1 is 1.60 bits per heavy atom. The van der Waals surface area contributed by atoms with Gasteiger partial charge in [0.2, 0.25) is 5.91 Å². The van der Waals surface area contributed by atoms with E-state index in [-0.39, 0.29) is 11.9 Å². The third-order valence-corrected chi connectivity index (χ3v) is 2.33. The zero-order chi connectivity index (χ0) is 11.3. The van der Waals surface area contributed by atoms with Crippen LogP contribution in [0.15, 0.2) is 24.3 Å². The molecule has 1 aromatic carbocycles. The second kappa shape index (κ2) is 5.73. The van der Waals surface area contributed by atoms with Gasteiger partial charge >= 0.3 is 0 Å². The Morgan fingerprint density at radius 2 is 2.33 bits per heavy atom. The first-order chi connectivity index (χ1) is 7.13. The number of nitrogens with one attached hydrogen (secondary N) is 1. The van der Waals surface area contributed by atoms with Crippen LogP contribution in [0.25, 0.3) is 0 Å². The van der Waals surface area contributed by atoms with Gasteiger partial charge in [0.25, 0.3) is 0 Å². The van der Waals surface area contributed by atoms with Crippen molar-refractivity contribution in [2.45, 2.75) is 19.4 Å². The van der Waals surface area contributed by atoms with E-state index in [1.807, 2.05) is 25.1 Å². The molecule has 0 aromatic heterocycles. The van der Waals surface area contributed by atoms with Crippen molar-refractivity contribution >= 4 is 17.5 Å². The molecule has 0 saturated heterocycles. The van der Waals surface area contributed by atoms with Gasteiger partial charge in [-0.25, -0.2) is 0 Å². The Hall–Kier alpha value is -1.06. The molecule has 0 saturated carbocycles. The van der Waals surface area contributed by atoms with Gasteiger partial charge in [0, 0.05) is 18.0 Å². The van der Waals surface area contributed by atoms with E-state index in [0.717, 1.165) is 5.56 Å². The zero-order valence-corrected chi connectivity index (χ0v) is 9.42. The van der Waals surface area contributed by atoms with Crippen molar-refractivity contribution in [1.29, 1.82) is 0 Å². The molecule has 0 radical (unpaired) electrons. The lowest BCUT2D eigenvalue weighted by Gasteiger charge is -2.14. The molecule has 1 unspecified atom stereocenters. The summed E-state index contributed by atoms with van der Waals surface area (Å²) in [6.07, 6.45) is 0.352. The van der Waals surface area contributed by atoms with Gasteiger partial charge in [0.1, 0.15) is 0 Å². The molecular weight excluding hydrogens is 212 g/mol. The lowest BCUT2D eigenvalue weighted by molar-refractivity contribution is -0.121. The SMILES string of the molecule is CC(NC(=O)CCN)c1cccc(Cl)c1. The smallest absolute Gasteiger partial charge is 0.221 e. The molecule has 0 aliphatic heterocycles. The maximum absolute atomic E-state index is 11.3. The van der Waals surface area contributed by atoms with Crippen molar-refractivity contribution in [1.82, 2.24) is 5.32 Å². The monoisotopic (exact) mass is 226 g/mol. The van der Waals surface area contributed by atoms with Gasteiger partial charge < -0.3 is 11.1 Å². The quantitative estimate of drug-likeness (QED) is 0.824. The molecule has 1 atom stereocenters. The first-order valence-electron chi connectivity index (χ1n) is 4.88. The van der Waals surface area contributed by atoms with Crippen molar-refractivity contribution in [3.05, 3.63) is 34.9 Å². The first kappa shape index (κ1) is 12.0. The molecule has 1 amide bonds. The fraction of sp³-hybridized carbons (Fsp3) is 0.364. The summed E-state index contributed by atoms with van der Waals surface area (Å²) < 4.78 is 0. The highest BCUT2D eigenvalue weighted by molar-refractivity contribution is 6.30. The number of hydrogen-bond donors (Lipinski definition) is 2. The molecule has 1 rings (SSSR count). The van der Waals surface area contributed by atoms with E-state index in [9.17, 15) is 4.79 Å². The van der Waals surface area contributed by atoms with Crippen LogP contribution >= 0.6 is 11.6 Å². The van der Waals surface area contributed by atoms with E-state index < -0.39 is 0 Å². The molecule has 3 nitrogen and oxygen atoms in total. The van der Waals surface area contributed by atoms with E-state index in [0.29, 0.717) is 18.0 Å². The number of carbonyl (C=O) groups excluding carboxylic acids is 1. The normalized spacial score (nSPS) is 12.2. The summed E-state index contributed by atoms with van der Waals surface area (Å²) in [5.41, 5.74) is 6.28. The number of benzene rings is 1. The van der Waals surface area contributed by atoms with E-state index in [1.54, 1.807) is 6.07 Å². The predicted octanol–water partition coefficient (Wildman–Crippen LogP) is 1.87. The number of halogens is 1. The molecule has 0 bridgehead atoms. The average molecular weight is 227 g/mol. The summed E-state index contributed by atoms with van der Waals surface area (Å²) in [5, 5.41) is 3.52. The van der Waals surface area contributed by atoms with Crippen LogP contribution in [-0.2, 0) is 4.79 Å². The van der Waals surface area contributed by atoms with Crippen molar-refractivity contribution < 1.29 is 4.79 Å². The summed E-state index contributed by atoms with van der Waals surface area (Å²) in [4.78, 5) is 11.3. The van der Waals surface area contributed by atoms with Crippen molar-refractivity contribution in [2.75, 3.05) is 6.54 Å². The molecule has 1 aromatic rings. The van der Waals surface area contributed by atoms with Gasteiger partial charge in [0.15, 0.2) is 0 Å². The van der Waals surface area contributed by atoms with Crippen LogP contribution in [0.5, 0.6) is 0 Å². The van der Waals surface area contributed by atoms with Crippen molar-refractivity contribution in [2.24, 2.45) is 5.73 Å². The molecular formula is C11H15ClN2O. The molecule has 4 heteroatoms. The Morgan fingerprint density at radius 3 is 2.93 bits per heavy atom. The molecule has 0 spiro atoms. The van der Waals surface area contributed by atoms with Gasteiger partial charge in [-0.2, -0.15) is 0 Å². The summed E-state index contributed by atoms with van der Waals surface area (Å²) in [6, 6.07) is 7.40. The molecule has 0 heterocycles. The molecule has 3 N–H and O–H groups in total. The molecule has 0 fully saturated rings. The average Bonchev–Trinajstić information content (AvgIpc) is 2.18. The van der Waals surface area contributed by atoms with Gasteiger partial charge in [-0.1, -0.05) is 23.7 Å². The fourth-order valence-electron chi connectivity index (χ4n) is 1.30. The Bertz CT molecular complexity index is 341. The van der Waals surface area contributed by atoms with E-state index in [1.165, 1.54) is 0 Å². The summed E-state index contributed by atoms with van der Waals surface area (Å²) in [7, 11) is 0. The topological polar surface area (TPSA) is 55.1 Å². The van der Waals surface area contributed by atoms with Gasteiger partial charge in [-0.3, -0.25) is 4.79 Å². The standard InChI is InChI=1S/C11H15ClN2O/c1-8(14-11(15)5-6-13)9-3-2-4-10(12)7-9/h2-4,7-8H,5-6,13H2,1H3,(H,14,15). The zero-order valence-electron chi connectivity index (χ0n) is 8.66. The lowest BCUT2D eigenvalue weighted by Crippen LogP contribution is -2.28. The number of rotatable bonds is 4. The fourth-order valence-corrected chi connectivity index (χ4v) is 1.50. The minimum Gasteiger partial charge on any atom is -0.350 e. The van der Waals surface area contributed by atoms with Gasteiger partial charge in [0.05, 0.1) is 6.04 Å². The van der Waals surface area contributed by atoms with Crippen LogP contribution in [0.3, 0.4) is 0 Å². The largest absolute Gasteiger partial charge is 0.350 e. The molecule has 82 valence electrons. The summed E-state index contributed by atoms with van der Waals surface area (Å²) >= 11 is 5.85. The third-order valence-electron chi connectivity index (χ3n) is 2.10. The second-order valence-electron chi connectivity index (χ2n) is 3.38. The second-order valence-corrected chi connectivity index (χ2v) is 3.82. The van der Waals surface area contributed by atoms with E-state index >= 15 is 0 Å². The van der Waals surface area contributed by atoms with Crippen molar-refractivity contribution in [3.63, 3.8) is 0 Å². The maximum Gasteiger partial charge on any atom is 0.221 e. The van der Waals surface area contributed by atoms with Gasteiger partial charge in [-0.15, -0.1) is 0 Å². The highest BCUT2D eigenvalue weighted by atomic mass is 35.5. The molecule has 0 aliphatic rings. The number of amides is 1. The summed E-state index contributed by atoms with van der Waals surface area (Å²) in [5.74, 6) is -0.0371. The van der Waals surface area contributed by atoms with Crippen LogP contribution in [-0.4, -0.2) is 12.5 Å². The summed E-state index contributed by atoms with van der Waals surface area (Å²) in [6.45, 7) is 2.29. The Balaban J connectivity index is 2.60. The number of carbonyl (C=O) groups is 1. The number of hydrogen-bond acceptors (Lipinski definition) is 2. The highest BCUT2D eigenvalue weighted by Crippen LogP contribution is 2.17. The van der Waals surface area contributed by atoms with Crippen LogP contribution in [0.2, 0.25) is 5.02 Å². The number of nitrogens with two attached hydrogens (primary N) is 1. The van der Waals surface area contributed by atoms with Crippen LogP contribution < -0.4 is 11.1 Å². The van der Waals surface area contributed by atoms with Crippen molar-refractivity contribution in [3.8, 4) is 0 Å². The first-order valence-corrected chi connectivity index (χ1v) is 5.26. The minimum absolute atomic E-state index is 0.0371. The minimum atomic E-state index is -0.0391.